The van der Waals surface area contributed by atoms with E-state index < -0.39 is 6.09 Å². The third-order valence-electron chi connectivity index (χ3n) is 3.61. The first kappa shape index (κ1) is 13.6. The van der Waals surface area contributed by atoms with Gasteiger partial charge < -0.3 is 9.84 Å². The summed E-state index contributed by atoms with van der Waals surface area (Å²) >= 11 is 0. The Morgan fingerprint density at radius 3 is 2.76 bits per heavy atom. The molecular formula is C17H17NO3. The van der Waals surface area contributed by atoms with Gasteiger partial charge in [0.15, 0.2) is 0 Å². The Balaban J connectivity index is 1.68. The van der Waals surface area contributed by atoms with Gasteiger partial charge in [0.2, 0.25) is 0 Å². The highest BCUT2D eigenvalue weighted by atomic mass is 16.6. The van der Waals surface area contributed by atoms with Crippen LogP contribution in [0.15, 0.2) is 48.5 Å². The summed E-state index contributed by atoms with van der Waals surface area (Å²) in [5.41, 5.74) is 3.01. The molecule has 2 N–H and O–H groups in total. The lowest BCUT2D eigenvalue weighted by Crippen LogP contribution is -2.20. The van der Waals surface area contributed by atoms with Crippen molar-refractivity contribution < 1.29 is 14.6 Å². The Kier molecular flexibility index (Phi) is 3.88. The van der Waals surface area contributed by atoms with Crippen LogP contribution in [0.3, 0.4) is 0 Å². The number of aliphatic hydroxyl groups is 1. The average Bonchev–Trinajstić information content (AvgIpc) is 2.47. The second-order valence-corrected chi connectivity index (χ2v) is 5.21. The maximum absolute atomic E-state index is 11.8. The van der Waals surface area contributed by atoms with E-state index in [1.807, 2.05) is 36.4 Å². The van der Waals surface area contributed by atoms with Crippen molar-refractivity contribution in [3.63, 3.8) is 0 Å². The number of hydrogen-bond acceptors (Lipinski definition) is 3. The highest BCUT2D eigenvalue weighted by Crippen LogP contribution is 2.24. The maximum Gasteiger partial charge on any atom is 0.417 e. The van der Waals surface area contributed by atoms with E-state index in [9.17, 15) is 9.90 Å². The van der Waals surface area contributed by atoms with E-state index in [0.717, 1.165) is 18.4 Å². The molecule has 2 aromatic rings. The van der Waals surface area contributed by atoms with Gasteiger partial charge in [-0.05, 0) is 54.7 Å². The zero-order valence-electron chi connectivity index (χ0n) is 11.6. The van der Waals surface area contributed by atoms with Gasteiger partial charge in [-0.15, -0.1) is 0 Å². The summed E-state index contributed by atoms with van der Waals surface area (Å²) in [6.45, 7) is 0. The van der Waals surface area contributed by atoms with Crippen LogP contribution in [0.4, 0.5) is 10.5 Å². The molecule has 1 amide bonds. The second-order valence-electron chi connectivity index (χ2n) is 5.21. The van der Waals surface area contributed by atoms with Crippen LogP contribution in [-0.2, 0) is 12.8 Å². The van der Waals surface area contributed by atoms with Gasteiger partial charge in [-0.1, -0.05) is 24.3 Å². The number of anilines is 1. The predicted octanol–water partition coefficient (Wildman–Crippen LogP) is 3.15. The van der Waals surface area contributed by atoms with Gasteiger partial charge in [0, 0.05) is 5.69 Å². The number of aliphatic hydroxyl groups excluding tert-OH is 1. The molecule has 1 aliphatic rings. The van der Waals surface area contributed by atoms with Crippen molar-refractivity contribution in [1.82, 2.24) is 0 Å². The van der Waals surface area contributed by atoms with Crippen LogP contribution in [0.1, 0.15) is 17.5 Å². The fourth-order valence-corrected chi connectivity index (χ4v) is 2.55. The molecule has 1 unspecified atom stereocenters. The molecule has 108 valence electrons. The summed E-state index contributed by atoms with van der Waals surface area (Å²) in [6, 6.07) is 14.7. The molecule has 1 atom stereocenters. The number of amides is 1. The largest absolute Gasteiger partial charge is 0.417 e. The topological polar surface area (TPSA) is 58.6 Å². The fourth-order valence-electron chi connectivity index (χ4n) is 2.55. The molecule has 21 heavy (non-hydrogen) atoms. The number of benzene rings is 2. The molecule has 0 spiro atoms. The third-order valence-corrected chi connectivity index (χ3v) is 3.61. The number of nitrogens with one attached hydrogen (secondary N) is 1. The fraction of sp³-hybridized carbons (Fsp3) is 0.235. The number of rotatable bonds is 2. The monoisotopic (exact) mass is 283 g/mol. The molecule has 1 aliphatic carbocycles. The molecule has 2 aromatic carbocycles. The highest BCUT2D eigenvalue weighted by molar-refractivity contribution is 5.86. The molecule has 4 nitrogen and oxygen atoms in total. The van der Waals surface area contributed by atoms with Crippen LogP contribution >= 0.6 is 0 Å². The number of aryl methyl sites for hydroxylation is 1. The van der Waals surface area contributed by atoms with Crippen LogP contribution in [0.25, 0.3) is 0 Å². The number of ether oxygens (including phenoxy) is 1. The Bertz CT molecular complexity index is 640. The SMILES string of the molecule is O=C(Nc1ccc2c(c1)CC(O)CC2)Oc1ccccc1. The van der Waals surface area contributed by atoms with Crippen molar-refractivity contribution in [2.45, 2.75) is 25.4 Å². The second kappa shape index (κ2) is 5.97. The number of carbonyl (C=O) groups is 1. The van der Waals surface area contributed by atoms with Crippen molar-refractivity contribution in [2.75, 3.05) is 5.32 Å². The first-order chi connectivity index (χ1) is 10.2. The van der Waals surface area contributed by atoms with E-state index in [1.54, 1.807) is 12.1 Å². The first-order valence-corrected chi connectivity index (χ1v) is 7.04. The molecule has 0 bridgehead atoms. The minimum atomic E-state index is -0.516. The molecule has 0 saturated heterocycles. The molecule has 0 heterocycles. The summed E-state index contributed by atoms with van der Waals surface area (Å²) in [5, 5.41) is 12.4. The number of carbonyl (C=O) groups excluding carboxylic acids is 1. The Hall–Kier alpha value is -2.33. The zero-order chi connectivity index (χ0) is 14.7. The smallest absolute Gasteiger partial charge is 0.410 e. The standard InChI is InChI=1S/C17H17NO3/c19-15-9-7-12-6-8-14(10-13(12)11-15)18-17(20)21-16-4-2-1-3-5-16/h1-6,8,10,15,19H,7,9,11H2,(H,18,20). The maximum atomic E-state index is 11.8. The molecule has 0 radical (unpaired) electrons. The summed E-state index contributed by atoms with van der Waals surface area (Å²) < 4.78 is 5.18. The average molecular weight is 283 g/mol. The van der Waals surface area contributed by atoms with Gasteiger partial charge in [-0.3, -0.25) is 5.32 Å². The quantitative estimate of drug-likeness (QED) is 0.890. The van der Waals surface area contributed by atoms with Crippen molar-refractivity contribution in [1.29, 1.82) is 0 Å². The lowest BCUT2D eigenvalue weighted by molar-refractivity contribution is 0.158. The molecular weight excluding hydrogens is 266 g/mol. The lowest BCUT2D eigenvalue weighted by atomic mass is 9.89. The van der Waals surface area contributed by atoms with Crippen molar-refractivity contribution in [2.24, 2.45) is 0 Å². The number of para-hydroxylation sites is 1. The van der Waals surface area contributed by atoms with Crippen LogP contribution in [0, 0.1) is 0 Å². The van der Waals surface area contributed by atoms with Crippen LogP contribution < -0.4 is 10.1 Å². The van der Waals surface area contributed by atoms with E-state index in [4.69, 9.17) is 4.74 Å². The molecule has 4 heteroatoms. The summed E-state index contributed by atoms with van der Waals surface area (Å²) in [5.74, 6) is 0.503. The van der Waals surface area contributed by atoms with E-state index in [1.165, 1.54) is 5.56 Å². The number of hydrogen-bond donors (Lipinski definition) is 2. The zero-order valence-corrected chi connectivity index (χ0v) is 11.6. The summed E-state index contributed by atoms with van der Waals surface area (Å²) in [6.07, 6.45) is 1.51. The Morgan fingerprint density at radius 2 is 1.95 bits per heavy atom. The van der Waals surface area contributed by atoms with E-state index in [0.29, 0.717) is 17.9 Å². The molecule has 3 rings (SSSR count). The van der Waals surface area contributed by atoms with Gasteiger partial charge in [0.1, 0.15) is 5.75 Å². The van der Waals surface area contributed by atoms with Crippen LogP contribution in [0.5, 0.6) is 5.75 Å². The summed E-state index contributed by atoms with van der Waals surface area (Å²) in [7, 11) is 0. The third kappa shape index (κ3) is 3.41. The molecule has 0 aliphatic heterocycles. The normalized spacial score (nSPS) is 16.9. The van der Waals surface area contributed by atoms with Gasteiger partial charge in [-0.25, -0.2) is 4.79 Å². The minimum absolute atomic E-state index is 0.288. The minimum Gasteiger partial charge on any atom is -0.410 e. The van der Waals surface area contributed by atoms with Gasteiger partial charge >= 0.3 is 6.09 Å². The van der Waals surface area contributed by atoms with Gasteiger partial charge in [-0.2, -0.15) is 0 Å². The van der Waals surface area contributed by atoms with Crippen molar-refractivity contribution >= 4 is 11.8 Å². The lowest BCUT2D eigenvalue weighted by Gasteiger charge is -2.21. The number of fused-ring (bicyclic) bond motifs is 1. The molecule has 0 fully saturated rings. The van der Waals surface area contributed by atoms with E-state index in [2.05, 4.69) is 5.32 Å². The summed E-state index contributed by atoms with van der Waals surface area (Å²) in [4.78, 5) is 11.8. The van der Waals surface area contributed by atoms with Crippen molar-refractivity contribution in [3.8, 4) is 5.75 Å². The van der Waals surface area contributed by atoms with Crippen LogP contribution in [-0.4, -0.2) is 17.3 Å². The molecule has 0 saturated carbocycles. The van der Waals surface area contributed by atoms with Crippen molar-refractivity contribution in [3.05, 3.63) is 59.7 Å². The van der Waals surface area contributed by atoms with E-state index >= 15 is 0 Å². The van der Waals surface area contributed by atoms with Crippen LogP contribution in [0.2, 0.25) is 0 Å². The van der Waals surface area contributed by atoms with E-state index in [-0.39, 0.29) is 6.10 Å². The first-order valence-electron chi connectivity index (χ1n) is 7.04. The predicted molar refractivity (Wildman–Crippen MR) is 80.6 cm³/mol. The Morgan fingerprint density at radius 1 is 1.14 bits per heavy atom. The van der Waals surface area contributed by atoms with Gasteiger partial charge in [0.25, 0.3) is 0 Å². The Labute approximate surface area is 123 Å². The molecule has 0 aromatic heterocycles. The van der Waals surface area contributed by atoms with Gasteiger partial charge in [0.05, 0.1) is 6.10 Å². The highest BCUT2D eigenvalue weighted by Gasteiger charge is 2.17.